The van der Waals surface area contributed by atoms with Crippen molar-refractivity contribution in [1.82, 2.24) is 15.0 Å². The molecule has 7 aromatic carbocycles. The number of benzene rings is 7. The lowest BCUT2D eigenvalue weighted by Gasteiger charge is -2.22. The lowest BCUT2D eigenvalue weighted by molar-refractivity contribution is 0.494. The molecule has 0 saturated carbocycles. The lowest BCUT2D eigenvalue weighted by Crippen LogP contribution is -2.03. The van der Waals surface area contributed by atoms with Crippen LogP contribution in [-0.4, -0.2) is 15.0 Å². The zero-order chi connectivity index (χ0) is 28.8. The van der Waals surface area contributed by atoms with Crippen LogP contribution in [0.4, 0.5) is 0 Å². The first kappa shape index (κ1) is 23.9. The Morgan fingerprint density at radius 2 is 1.14 bits per heavy atom. The summed E-state index contributed by atoms with van der Waals surface area (Å²) < 4.78 is 9.24. The zero-order valence-corrected chi connectivity index (χ0v) is 24.1. The number of ether oxygens (including phenoxy) is 1. The van der Waals surface area contributed by atoms with Crippen LogP contribution in [0.5, 0.6) is 11.5 Å². The molecule has 204 valence electrons. The maximum atomic E-state index is 6.75. The molecule has 0 N–H and O–H groups in total. The van der Waals surface area contributed by atoms with Gasteiger partial charge in [0.25, 0.3) is 0 Å². The highest BCUT2D eigenvalue weighted by atomic mass is 32.1. The Morgan fingerprint density at radius 1 is 0.455 bits per heavy atom. The number of nitrogens with zero attached hydrogens (tertiary/aromatic N) is 3. The van der Waals surface area contributed by atoms with Gasteiger partial charge in [-0.05, 0) is 40.4 Å². The monoisotopic (exact) mass is 579 g/mol. The second-order valence-electron chi connectivity index (χ2n) is 11.2. The number of fused-ring (bicyclic) bond motifs is 3. The maximum Gasteiger partial charge on any atom is 0.167 e. The van der Waals surface area contributed by atoms with E-state index < -0.39 is 0 Å². The van der Waals surface area contributed by atoms with E-state index in [2.05, 4.69) is 97.1 Å². The third kappa shape index (κ3) is 3.41. The molecule has 0 bridgehead atoms. The van der Waals surface area contributed by atoms with Crippen molar-refractivity contribution in [1.29, 1.82) is 0 Å². The summed E-state index contributed by atoms with van der Waals surface area (Å²) in [6.45, 7) is 0. The van der Waals surface area contributed by atoms with Gasteiger partial charge in [-0.2, -0.15) is 0 Å². The fourth-order valence-corrected chi connectivity index (χ4v) is 7.77. The van der Waals surface area contributed by atoms with Gasteiger partial charge in [-0.25, -0.2) is 15.0 Å². The van der Waals surface area contributed by atoms with Gasteiger partial charge >= 0.3 is 0 Å². The molecule has 1 aliphatic rings. The van der Waals surface area contributed by atoms with E-state index in [4.69, 9.17) is 19.7 Å². The van der Waals surface area contributed by atoms with Gasteiger partial charge in [-0.3, -0.25) is 0 Å². The minimum absolute atomic E-state index is 0.589. The summed E-state index contributed by atoms with van der Waals surface area (Å²) in [7, 11) is 0. The number of aromatic nitrogens is 3. The van der Waals surface area contributed by atoms with Gasteiger partial charge in [0.05, 0.1) is 5.56 Å². The lowest BCUT2D eigenvalue weighted by atomic mass is 9.92. The van der Waals surface area contributed by atoms with Crippen LogP contribution in [0.15, 0.2) is 127 Å². The predicted molar refractivity (Wildman–Crippen MR) is 182 cm³/mol. The van der Waals surface area contributed by atoms with E-state index in [-0.39, 0.29) is 0 Å². The molecule has 5 heteroatoms. The van der Waals surface area contributed by atoms with E-state index in [0.29, 0.717) is 17.5 Å². The molecule has 0 radical (unpaired) electrons. The summed E-state index contributed by atoms with van der Waals surface area (Å²) in [5.74, 6) is 3.50. The van der Waals surface area contributed by atoms with Crippen molar-refractivity contribution >= 4 is 63.8 Å². The minimum Gasteiger partial charge on any atom is -0.455 e. The standard InChI is InChI=1S/C39H21N3OS/c1-2-7-25(8-3-1)37-40-38(26-18-19-28-27-10-4-5-12-31(27)44-32(28)21-26)42-39(41-37)29-20-17-24-16-15-23-14-13-22-9-6-11-30-33(22)34(23)35(24)36(29)43-30/h1-21H. The molecule has 44 heavy (non-hydrogen) atoms. The second-order valence-corrected chi connectivity index (χ2v) is 12.3. The molecule has 0 fully saturated rings. The number of hydrogen-bond donors (Lipinski definition) is 0. The molecule has 10 rings (SSSR count). The van der Waals surface area contributed by atoms with Crippen LogP contribution in [0.25, 0.3) is 86.7 Å². The highest BCUT2D eigenvalue weighted by molar-refractivity contribution is 7.25. The third-order valence-corrected chi connectivity index (χ3v) is 9.81. The van der Waals surface area contributed by atoms with Crippen LogP contribution in [0.1, 0.15) is 0 Å². The first-order valence-electron chi connectivity index (χ1n) is 14.6. The fraction of sp³-hybridized carbons (Fsp3) is 0. The Balaban J connectivity index is 1.25. The fourth-order valence-electron chi connectivity index (χ4n) is 6.63. The van der Waals surface area contributed by atoms with Crippen LogP contribution in [-0.2, 0) is 0 Å². The SMILES string of the molecule is c1ccc(-c2nc(-c3ccc4c(c3)sc3ccccc34)nc(-c3ccc4ccc5ccc6cccc7c6c5c4c3O7)n2)cc1. The van der Waals surface area contributed by atoms with Gasteiger partial charge in [0.1, 0.15) is 11.5 Å². The first-order valence-corrected chi connectivity index (χ1v) is 15.4. The van der Waals surface area contributed by atoms with Crippen molar-refractivity contribution in [2.75, 3.05) is 0 Å². The smallest absolute Gasteiger partial charge is 0.167 e. The molecule has 2 aromatic heterocycles. The van der Waals surface area contributed by atoms with Gasteiger partial charge in [0.2, 0.25) is 0 Å². The molecule has 0 amide bonds. The van der Waals surface area contributed by atoms with Crippen molar-refractivity contribution in [2.24, 2.45) is 0 Å². The van der Waals surface area contributed by atoms with Crippen molar-refractivity contribution in [3.05, 3.63) is 127 Å². The molecule has 0 saturated heterocycles. The number of thiophene rings is 1. The maximum absolute atomic E-state index is 6.75. The van der Waals surface area contributed by atoms with E-state index in [1.165, 1.54) is 36.3 Å². The van der Waals surface area contributed by atoms with Crippen LogP contribution in [0.2, 0.25) is 0 Å². The highest BCUT2D eigenvalue weighted by Crippen LogP contribution is 2.50. The van der Waals surface area contributed by atoms with Crippen molar-refractivity contribution < 1.29 is 4.74 Å². The van der Waals surface area contributed by atoms with Crippen molar-refractivity contribution in [3.63, 3.8) is 0 Å². The van der Waals surface area contributed by atoms with Crippen molar-refractivity contribution in [2.45, 2.75) is 0 Å². The van der Waals surface area contributed by atoms with E-state index in [0.717, 1.165) is 44.3 Å². The Kier molecular flexibility index (Phi) is 4.84. The largest absolute Gasteiger partial charge is 0.455 e. The Morgan fingerprint density at radius 3 is 2.00 bits per heavy atom. The molecule has 0 atom stereocenters. The van der Waals surface area contributed by atoms with E-state index in [1.807, 2.05) is 30.3 Å². The molecular formula is C39H21N3OS. The van der Waals surface area contributed by atoms with Gasteiger partial charge in [0.15, 0.2) is 17.5 Å². The molecular weight excluding hydrogens is 559 g/mol. The summed E-state index contributed by atoms with van der Waals surface area (Å²) in [5.41, 5.74) is 2.74. The summed E-state index contributed by atoms with van der Waals surface area (Å²) in [6, 6.07) is 44.4. The quantitative estimate of drug-likeness (QED) is 0.195. The van der Waals surface area contributed by atoms with Crippen LogP contribution in [0, 0.1) is 0 Å². The van der Waals surface area contributed by atoms with Gasteiger partial charge in [-0.15, -0.1) is 11.3 Å². The number of hydrogen-bond acceptors (Lipinski definition) is 5. The highest BCUT2D eigenvalue weighted by Gasteiger charge is 2.24. The summed E-state index contributed by atoms with van der Waals surface area (Å²) in [5, 5.41) is 9.47. The topological polar surface area (TPSA) is 47.9 Å². The second kappa shape index (κ2) is 8.93. The Labute approximate surface area is 255 Å². The Bertz CT molecular complexity index is 2640. The molecule has 0 aliphatic carbocycles. The third-order valence-electron chi connectivity index (χ3n) is 8.68. The zero-order valence-electron chi connectivity index (χ0n) is 23.3. The molecule has 1 aliphatic heterocycles. The van der Waals surface area contributed by atoms with E-state index in [1.54, 1.807) is 11.3 Å². The number of rotatable bonds is 3. The summed E-state index contributed by atoms with van der Waals surface area (Å²) in [6.07, 6.45) is 0. The molecule has 4 nitrogen and oxygen atoms in total. The van der Waals surface area contributed by atoms with E-state index >= 15 is 0 Å². The summed E-state index contributed by atoms with van der Waals surface area (Å²) in [4.78, 5) is 15.2. The first-order chi connectivity index (χ1) is 21.8. The Hall–Kier alpha value is -5.65. The van der Waals surface area contributed by atoms with Crippen LogP contribution >= 0.6 is 11.3 Å². The van der Waals surface area contributed by atoms with Crippen LogP contribution in [0.3, 0.4) is 0 Å². The van der Waals surface area contributed by atoms with Gasteiger partial charge in [0, 0.05) is 47.5 Å². The molecule has 0 unspecified atom stereocenters. The molecule has 9 aromatic rings. The minimum atomic E-state index is 0.589. The molecule has 3 heterocycles. The summed E-state index contributed by atoms with van der Waals surface area (Å²) >= 11 is 1.79. The van der Waals surface area contributed by atoms with Crippen LogP contribution < -0.4 is 4.74 Å². The van der Waals surface area contributed by atoms with Crippen molar-refractivity contribution in [3.8, 4) is 45.7 Å². The molecule has 0 spiro atoms. The average Bonchev–Trinajstić information content (AvgIpc) is 3.46. The van der Waals surface area contributed by atoms with Gasteiger partial charge < -0.3 is 4.74 Å². The van der Waals surface area contributed by atoms with Gasteiger partial charge in [-0.1, -0.05) is 103 Å². The average molecular weight is 580 g/mol. The predicted octanol–water partition coefficient (Wildman–Crippen LogP) is 10.8. The van der Waals surface area contributed by atoms with E-state index in [9.17, 15) is 0 Å². The normalized spacial score (nSPS) is 12.3.